The first kappa shape index (κ1) is 15.7. The molecule has 0 aromatic carbocycles. The van der Waals surface area contributed by atoms with Crippen LogP contribution >= 0.6 is 0 Å². The van der Waals surface area contributed by atoms with Crippen molar-refractivity contribution in [1.82, 2.24) is 0 Å². The standard InChI is InChI=1S/C11H26O3Si2/c1-9(2)15(5,6)13-11(12)14-16(7,8)10(3)4/h9-10H,1-8H3. The van der Waals surface area contributed by atoms with Gasteiger partial charge in [0.05, 0.1) is 0 Å². The van der Waals surface area contributed by atoms with E-state index in [0.29, 0.717) is 11.1 Å². The van der Waals surface area contributed by atoms with E-state index in [0.717, 1.165) is 0 Å². The Morgan fingerprint density at radius 2 is 1.06 bits per heavy atom. The third-order valence-electron chi connectivity index (χ3n) is 3.47. The van der Waals surface area contributed by atoms with Gasteiger partial charge < -0.3 is 8.85 Å². The summed E-state index contributed by atoms with van der Waals surface area (Å²) in [6, 6.07) is 0. The number of carbonyl (C=O) groups is 1. The lowest BCUT2D eigenvalue weighted by Gasteiger charge is -2.31. The Labute approximate surface area is 102 Å². The lowest BCUT2D eigenvalue weighted by atomic mass is 10.6. The van der Waals surface area contributed by atoms with E-state index in [9.17, 15) is 4.79 Å². The van der Waals surface area contributed by atoms with Crippen LogP contribution in [0.25, 0.3) is 0 Å². The fourth-order valence-corrected chi connectivity index (χ4v) is 2.18. The summed E-state index contributed by atoms with van der Waals surface area (Å²) in [4.78, 5) is 11.7. The van der Waals surface area contributed by atoms with Crippen LogP contribution in [0.4, 0.5) is 4.79 Å². The molecule has 0 radical (unpaired) electrons. The van der Waals surface area contributed by atoms with Gasteiger partial charge in [0.15, 0.2) is 0 Å². The highest BCUT2D eigenvalue weighted by molar-refractivity contribution is 6.76. The van der Waals surface area contributed by atoms with Crippen LogP contribution in [0.2, 0.25) is 37.3 Å². The highest BCUT2D eigenvalue weighted by atomic mass is 28.4. The summed E-state index contributed by atoms with van der Waals surface area (Å²) < 4.78 is 11.0. The Bertz CT molecular complexity index is 224. The molecule has 0 N–H and O–H groups in total. The third-order valence-corrected chi connectivity index (χ3v) is 10.4. The first-order chi connectivity index (χ1) is 6.99. The summed E-state index contributed by atoms with van der Waals surface area (Å²) in [6.45, 7) is 16.5. The maximum absolute atomic E-state index is 11.7. The van der Waals surface area contributed by atoms with Crippen LogP contribution in [0.3, 0.4) is 0 Å². The molecule has 0 aromatic heterocycles. The van der Waals surface area contributed by atoms with E-state index in [1.807, 2.05) is 26.2 Å². The van der Waals surface area contributed by atoms with E-state index in [2.05, 4.69) is 27.7 Å². The monoisotopic (exact) mass is 262 g/mol. The molecule has 0 fully saturated rings. The zero-order valence-corrected chi connectivity index (χ0v) is 13.9. The van der Waals surface area contributed by atoms with Crippen molar-refractivity contribution in [2.75, 3.05) is 0 Å². The van der Waals surface area contributed by atoms with E-state index in [-0.39, 0.29) is 0 Å². The highest BCUT2D eigenvalue weighted by Crippen LogP contribution is 2.25. The van der Waals surface area contributed by atoms with Crippen molar-refractivity contribution < 1.29 is 13.6 Å². The first-order valence-corrected chi connectivity index (χ1v) is 11.9. The highest BCUT2D eigenvalue weighted by Gasteiger charge is 2.36. The van der Waals surface area contributed by atoms with Crippen molar-refractivity contribution in [3.63, 3.8) is 0 Å². The largest absolute Gasteiger partial charge is 0.490 e. The molecule has 0 amide bonds. The van der Waals surface area contributed by atoms with Crippen molar-refractivity contribution in [3.05, 3.63) is 0 Å². The molecule has 96 valence electrons. The molecule has 5 heteroatoms. The minimum Gasteiger partial charge on any atom is -0.490 e. The lowest BCUT2D eigenvalue weighted by Crippen LogP contribution is -2.42. The smallest absolute Gasteiger partial charge is 0.480 e. The zero-order chi connectivity index (χ0) is 13.1. The van der Waals surface area contributed by atoms with Crippen molar-refractivity contribution in [2.24, 2.45) is 0 Å². The van der Waals surface area contributed by atoms with Gasteiger partial charge in [-0.25, -0.2) is 4.79 Å². The molecule has 3 nitrogen and oxygen atoms in total. The van der Waals surface area contributed by atoms with E-state index in [1.54, 1.807) is 0 Å². The Hall–Kier alpha value is -0.296. The normalized spacial score (nSPS) is 13.1. The predicted octanol–water partition coefficient (Wildman–Crippen LogP) is 4.37. The van der Waals surface area contributed by atoms with Crippen molar-refractivity contribution in [2.45, 2.75) is 65.0 Å². The minimum absolute atomic E-state index is 0.406. The lowest BCUT2D eigenvalue weighted by molar-refractivity contribution is 0.145. The second kappa shape index (κ2) is 5.36. The average molecular weight is 262 g/mol. The maximum atomic E-state index is 11.7. The van der Waals surface area contributed by atoms with Crippen LogP contribution in [0.15, 0.2) is 0 Å². The fraction of sp³-hybridized carbons (Fsp3) is 0.909. The summed E-state index contributed by atoms with van der Waals surface area (Å²) in [6.07, 6.45) is -0.462. The van der Waals surface area contributed by atoms with Crippen LogP contribution in [0.5, 0.6) is 0 Å². The summed E-state index contributed by atoms with van der Waals surface area (Å²) >= 11 is 0. The second-order valence-electron chi connectivity index (χ2n) is 5.97. The second-order valence-corrected chi connectivity index (χ2v) is 15.1. The topological polar surface area (TPSA) is 35.5 Å². The molecule has 0 saturated heterocycles. The van der Waals surface area contributed by atoms with E-state index in [1.165, 1.54) is 0 Å². The maximum Gasteiger partial charge on any atom is 0.480 e. The predicted molar refractivity (Wildman–Crippen MR) is 72.7 cm³/mol. The summed E-state index contributed by atoms with van der Waals surface area (Å²) in [7, 11) is -3.86. The number of hydrogen-bond acceptors (Lipinski definition) is 3. The summed E-state index contributed by atoms with van der Waals surface area (Å²) in [5.74, 6) is 0. The fourth-order valence-electron chi connectivity index (χ4n) is 0.686. The van der Waals surface area contributed by atoms with Gasteiger partial charge in [-0.3, -0.25) is 0 Å². The molecule has 16 heavy (non-hydrogen) atoms. The minimum atomic E-state index is -1.93. The van der Waals surface area contributed by atoms with Crippen molar-refractivity contribution in [3.8, 4) is 0 Å². The Kier molecular flexibility index (Phi) is 5.26. The quantitative estimate of drug-likeness (QED) is 0.706. The van der Waals surface area contributed by atoms with Crippen molar-refractivity contribution >= 4 is 22.8 Å². The van der Waals surface area contributed by atoms with Crippen LogP contribution in [0.1, 0.15) is 27.7 Å². The SMILES string of the molecule is CC(C)[Si](C)(C)OC(=O)O[Si](C)(C)C(C)C. The van der Waals surface area contributed by atoms with Gasteiger partial charge >= 0.3 is 6.16 Å². The van der Waals surface area contributed by atoms with Gasteiger partial charge in [-0.2, -0.15) is 0 Å². The molecule has 0 bridgehead atoms. The molecular formula is C11H26O3Si2. The van der Waals surface area contributed by atoms with Gasteiger partial charge in [0, 0.05) is 0 Å². The molecule has 0 atom stereocenters. The van der Waals surface area contributed by atoms with Gasteiger partial charge in [0.25, 0.3) is 16.6 Å². The van der Waals surface area contributed by atoms with Crippen molar-refractivity contribution in [1.29, 1.82) is 0 Å². The Morgan fingerprint density at radius 1 is 0.812 bits per heavy atom. The zero-order valence-electron chi connectivity index (χ0n) is 11.9. The van der Waals surface area contributed by atoms with Crippen LogP contribution in [0, 0.1) is 0 Å². The molecule has 0 aliphatic rings. The average Bonchev–Trinajstić information content (AvgIpc) is 2.00. The van der Waals surface area contributed by atoms with Gasteiger partial charge in [0.1, 0.15) is 0 Å². The summed E-state index contributed by atoms with van der Waals surface area (Å²) in [5.41, 5.74) is 0.813. The van der Waals surface area contributed by atoms with Gasteiger partial charge in [-0.15, -0.1) is 0 Å². The van der Waals surface area contributed by atoms with Crippen LogP contribution in [-0.2, 0) is 8.85 Å². The molecule has 0 aliphatic heterocycles. The number of hydrogen-bond donors (Lipinski definition) is 0. The molecule has 0 spiro atoms. The van der Waals surface area contributed by atoms with E-state index in [4.69, 9.17) is 8.85 Å². The van der Waals surface area contributed by atoms with Gasteiger partial charge in [-0.05, 0) is 37.3 Å². The molecule has 0 heterocycles. The van der Waals surface area contributed by atoms with Gasteiger partial charge in [-0.1, -0.05) is 27.7 Å². The Morgan fingerprint density at radius 3 is 1.25 bits per heavy atom. The molecule has 0 unspecified atom stereocenters. The first-order valence-electron chi connectivity index (χ1n) is 5.91. The summed E-state index contributed by atoms with van der Waals surface area (Å²) in [5, 5.41) is 0. The molecule has 0 aliphatic carbocycles. The van der Waals surface area contributed by atoms with E-state index < -0.39 is 22.8 Å². The van der Waals surface area contributed by atoms with E-state index >= 15 is 0 Å². The van der Waals surface area contributed by atoms with Crippen LogP contribution in [-0.4, -0.2) is 22.8 Å². The van der Waals surface area contributed by atoms with Gasteiger partial charge in [0.2, 0.25) is 0 Å². The Balaban J connectivity index is 4.41. The number of rotatable bonds is 4. The van der Waals surface area contributed by atoms with Crippen LogP contribution < -0.4 is 0 Å². The molecular weight excluding hydrogens is 236 g/mol. The molecule has 0 rings (SSSR count). The molecule has 0 saturated carbocycles. The third kappa shape index (κ3) is 4.69. The molecule has 0 aromatic rings. The number of carbonyl (C=O) groups excluding carboxylic acids is 1.